The van der Waals surface area contributed by atoms with Crippen LogP contribution in [0.4, 0.5) is 5.69 Å². The van der Waals surface area contributed by atoms with Gasteiger partial charge in [-0.3, -0.25) is 4.99 Å². The Hall–Kier alpha value is -1.10. The van der Waals surface area contributed by atoms with E-state index < -0.39 is 0 Å². The van der Waals surface area contributed by atoms with E-state index in [4.69, 9.17) is 45.1 Å². The summed E-state index contributed by atoms with van der Waals surface area (Å²) >= 11 is 19.6. The molecule has 2 heterocycles. The van der Waals surface area contributed by atoms with Gasteiger partial charge in [-0.15, -0.1) is 0 Å². The lowest BCUT2D eigenvalue weighted by Gasteiger charge is -2.51. The quantitative estimate of drug-likeness (QED) is 0.224. The van der Waals surface area contributed by atoms with Gasteiger partial charge >= 0.3 is 0 Å². The third kappa shape index (κ3) is 9.25. The fraction of sp³-hybridized carbons (Fsp3) is 0.654. The predicted octanol–water partition coefficient (Wildman–Crippen LogP) is 6.16. The molecule has 0 aliphatic carbocycles. The van der Waals surface area contributed by atoms with Crippen molar-refractivity contribution in [2.24, 2.45) is 9.98 Å². The minimum atomic E-state index is 0.0140. The first-order valence-corrected chi connectivity index (χ1v) is 14.8. The number of anilines is 1. The van der Waals surface area contributed by atoms with E-state index in [2.05, 4.69) is 60.5 Å². The van der Waals surface area contributed by atoms with Crippen LogP contribution in [0.1, 0.15) is 60.8 Å². The molecule has 3 rings (SSSR count). The monoisotopic (exact) mass is 586 g/mol. The summed E-state index contributed by atoms with van der Waals surface area (Å²) in [6.07, 6.45) is 2.92. The molecule has 0 spiro atoms. The second-order valence-corrected chi connectivity index (χ2v) is 13.0. The molecule has 37 heavy (non-hydrogen) atoms. The summed E-state index contributed by atoms with van der Waals surface area (Å²) in [7, 11) is 0. The molecule has 7 nitrogen and oxygen atoms in total. The average Bonchev–Trinajstić information content (AvgIpc) is 2.75. The molecule has 0 bridgehead atoms. The van der Waals surface area contributed by atoms with E-state index in [1.165, 1.54) is 11.8 Å². The molecule has 1 aromatic carbocycles. The molecule has 11 heteroatoms. The third-order valence-corrected chi connectivity index (χ3v) is 8.15. The number of benzene rings is 1. The number of ether oxygens (including phenoxy) is 1. The molecule has 1 unspecified atom stereocenters. The number of amidine groups is 2. The predicted molar refractivity (Wildman–Crippen MR) is 165 cm³/mol. The maximum Gasteiger partial charge on any atom is 0.193 e. The maximum absolute atomic E-state index is 6.11. The Balaban J connectivity index is 1.65. The van der Waals surface area contributed by atoms with E-state index in [9.17, 15) is 0 Å². The molecule has 1 saturated heterocycles. The van der Waals surface area contributed by atoms with Crippen LogP contribution in [-0.4, -0.2) is 69.8 Å². The molecule has 0 saturated carbocycles. The third-order valence-electron chi connectivity index (χ3n) is 6.26. The maximum atomic E-state index is 6.11. The van der Waals surface area contributed by atoms with Gasteiger partial charge in [0.05, 0.1) is 16.6 Å². The van der Waals surface area contributed by atoms with Gasteiger partial charge < -0.3 is 25.6 Å². The van der Waals surface area contributed by atoms with Crippen molar-refractivity contribution in [2.75, 3.05) is 31.6 Å². The number of nitrogens with zero attached hydrogens (tertiary/aromatic N) is 3. The first-order valence-electron chi connectivity index (χ1n) is 12.9. The first kappa shape index (κ1) is 30.4. The largest absolute Gasteiger partial charge is 0.382 e. The standard InChI is InChI=1S/C26H40Cl2N6OS2/c1-7-35-12-8-11-29-24(36)34(19-14-25(3,4)33-26(5,6)15-19)17(2)16-30-22-32-23(37-22)31-18-9-10-20(27)21(28)13-18/h9-10,13,17,19,33H,7-8,11-12,14-16H2,1-6H3,(H,29,36)(H,30,31,32). The number of halogens is 2. The lowest BCUT2D eigenvalue weighted by molar-refractivity contribution is 0.0880. The Labute approximate surface area is 241 Å². The van der Waals surface area contributed by atoms with Gasteiger partial charge in [0.25, 0.3) is 0 Å². The van der Waals surface area contributed by atoms with Crippen LogP contribution >= 0.6 is 47.2 Å². The van der Waals surface area contributed by atoms with E-state index in [0.29, 0.717) is 22.6 Å². The van der Waals surface area contributed by atoms with Gasteiger partial charge in [0.1, 0.15) is 0 Å². The summed E-state index contributed by atoms with van der Waals surface area (Å²) in [5.74, 6) is 0. The van der Waals surface area contributed by atoms with Crippen LogP contribution in [0, 0.1) is 0 Å². The fourth-order valence-electron chi connectivity index (χ4n) is 5.09. The smallest absolute Gasteiger partial charge is 0.193 e. The number of aliphatic imine (C=N–C) groups is 2. The summed E-state index contributed by atoms with van der Waals surface area (Å²) in [4.78, 5) is 11.7. The Morgan fingerprint density at radius 1 is 1.27 bits per heavy atom. The van der Waals surface area contributed by atoms with E-state index >= 15 is 0 Å². The number of piperidine rings is 1. The van der Waals surface area contributed by atoms with E-state index in [-0.39, 0.29) is 17.1 Å². The van der Waals surface area contributed by atoms with Crippen LogP contribution in [0.3, 0.4) is 0 Å². The van der Waals surface area contributed by atoms with E-state index in [1.54, 1.807) is 12.1 Å². The number of nitrogens with one attached hydrogen (secondary N) is 3. The highest BCUT2D eigenvalue weighted by Gasteiger charge is 2.41. The highest BCUT2D eigenvalue weighted by atomic mass is 35.5. The second-order valence-electron chi connectivity index (χ2n) is 10.9. The van der Waals surface area contributed by atoms with Crippen molar-refractivity contribution in [1.29, 1.82) is 0 Å². The second kappa shape index (κ2) is 13.3. The van der Waals surface area contributed by atoms with Crippen molar-refractivity contribution in [3.63, 3.8) is 0 Å². The van der Waals surface area contributed by atoms with Gasteiger partial charge in [-0.1, -0.05) is 23.2 Å². The zero-order valence-corrected chi connectivity index (χ0v) is 25.8. The Bertz CT molecular complexity index is 1000. The Kier molecular flexibility index (Phi) is 10.9. The van der Waals surface area contributed by atoms with Crippen molar-refractivity contribution in [2.45, 2.75) is 84.0 Å². The van der Waals surface area contributed by atoms with Crippen LogP contribution in [0.5, 0.6) is 0 Å². The van der Waals surface area contributed by atoms with Gasteiger partial charge in [-0.25, -0.2) is 0 Å². The number of hydrogen-bond donors (Lipinski definition) is 3. The van der Waals surface area contributed by atoms with Gasteiger partial charge in [-0.05, 0) is 103 Å². The number of thiocarbonyl (C=S) groups is 1. The molecule has 1 atom stereocenters. The zero-order chi connectivity index (χ0) is 27.2. The average molecular weight is 588 g/mol. The number of hydrogen-bond acceptors (Lipinski definition) is 6. The van der Waals surface area contributed by atoms with Crippen LogP contribution in [0.15, 0.2) is 28.2 Å². The van der Waals surface area contributed by atoms with Crippen molar-refractivity contribution in [1.82, 2.24) is 15.5 Å². The van der Waals surface area contributed by atoms with Gasteiger partial charge in [0, 0.05) is 48.6 Å². The summed E-state index contributed by atoms with van der Waals surface area (Å²) in [5, 5.41) is 13.9. The van der Waals surface area contributed by atoms with E-state index in [0.717, 1.165) is 60.2 Å². The van der Waals surface area contributed by atoms with Crippen LogP contribution < -0.4 is 16.0 Å². The molecule has 3 N–H and O–H groups in total. The number of rotatable bonds is 10. The van der Waals surface area contributed by atoms with Gasteiger partial charge in [0.2, 0.25) is 0 Å². The van der Waals surface area contributed by atoms with Crippen LogP contribution in [0.2, 0.25) is 10.0 Å². The summed E-state index contributed by atoms with van der Waals surface area (Å²) < 4.78 is 5.48. The molecule has 1 fully saturated rings. The molecule has 2 aliphatic rings. The summed E-state index contributed by atoms with van der Waals surface area (Å²) in [6.45, 7) is 16.2. The van der Waals surface area contributed by atoms with Crippen molar-refractivity contribution < 1.29 is 4.74 Å². The SMILES string of the molecule is CCOCCCNC(=S)N(C(C)CN=C1N=C(Nc2ccc(Cl)c(Cl)c2)S1)C1CC(C)(C)NC(C)(C)C1. The highest BCUT2D eigenvalue weighted by molar-refractivity contribution is 8.29. The van der Waals surface area contributed by atoms with Crippen LogP contribution in [0.25, 0.3) is 0 Å². The minimum absolute atomic E-state index is 0.0140. The topological polar surface area (TPSA) is 73.3 Å². The van der Waals surface area contributed by atoms with Crippen molar-refractivity contribution in [3.05, 3.63) is 28.2 Å². The molecule has 0 amide bonds. The normalized spacial score (nSPS) is 20.6. The summed E-state index contributed by atoms with van der Waals surface area (Å²) in [5.41, 5.74) is 0.872. The molecule has 1 aromatic rings. The summed E-state index contributed by atoms with van der Waals surface area (Å²) in [6, 6.07) is 5.84. The van der Waals surface area contributed by atoms with Crippen molar-refractivity contribution >= 4 is 68.3 Å². The van der Waals surface area contributed by atoms with Gasteiger partial charge in [0.15, 0.2) is 15.4 Å². The zero-order valence-electron chi connectivity index (χ0n) is 22.7. The Morgan fingerprint density at radius 3 is 2.57 bits per heavy atom. The lowest BCUT2D eigenvalue weighted by atomic mass is 9.78. The molecule has 0 radical (unpaired) electrons. The minimum Gasteiger partial charge on any atom is -0.382 e. The lowest BCUT2D eigenvalue weighted by Crippen LogP contribution is -2.65. The fourth-order valence-corrected chi connectivity index (χ4v) is 6.44. The van der Waals surface area contributed by atoms with E-state index in [1.807, 2.05) is 13.0 Å². The van der Waals surface area contributed by atoms with Gasteiger partial charge in [-0.2, -0.15) is 4.99 Å². The van der Waals surface area contributed by atoms with Crippen LogP contribution in [-0.2, 0) is 4.74 Å². The molecule has 0 aromatic heterocycles. The van der Waals surface area contributed by atoms with Crippen molar-refractivity contribution in [3.8, 4) is 0 Å². The molecular weight excluding hydrogens is 547 g/mol. The molecule has 2 aliphatic heterocycles. The molecule has 206 valence electrons. The highest BCUT2D eigenvalue weighted by Crippen LogP contribution is 2.33. The molecular formula is C26H40Cl2N6OS2. The number of thioether (sulfide) groups is 1. The first-order chi connectivity index (χ1) is 17.4. The Morgan fingerprint density at radius 2 is 1.95 bits per heavy atom.